The number of piperazine rings is 1. The first kappa shape index (κ1) is 32.7. The topological polar surface area (TPSA) is 166 Å². The van der Waals surface area contributed by atoms with Crippen molar-refractivity contribution in [2.75, 3.05) is 18.0 Å². The maximum Gasteiger partial charge on any atom is 0.490 e. The first-order chi connectivity index (χ1) is 16.2. The molecule has 2 atom stereocenters. The monoisotopic (exact) mass is 546 g/mol. The van der Waals surface area contributed by atoms with Gasteiger partial charge in [-0.05, 0) is 18.1 Å². The second-order valence-electron chi connectivity index (χ2n) is 6.81. The van der Waals surface area contributed by atoms with Gasteiger partial charge in [0, 0.05) is 37.9 Å². The SMILES string of the molecule is NCc1cncc(N2C[C@@H]3C[C@H]2CN3)c1.O=C(O)C(F)(F)F.O=C(O)C(F)(F)F.O=C(O)C(F)(F)F. The molecule has 206 valence electrons. The van der Waals surface area contributed by atoms with Crippen molar-refractivity contribution in [3.63, 3.8) is 0 Å². The van der Waals surface area contributed by atoms with Gasteiger partial charge in [-0.1, -0.05) is 0 Å². The lowest BCUT2D eigenvalue weighted by molar-refractivity contribution is -0.193. The van der Waals surface area contributed by atoms with Crippen LogP contribution in [0, 0.1) is 0 Å². The highest BCUT2D eigenvalue weighted by Gasteiger charge is 2.40. The Morgan fingerprint density at radius 2 is 1.33 bits per heavy atom. The van der Waals surface area contributed by atoms with E-state index >= 15 is 0 Å². The van der Waals surface area contributed by atoms with Gasteiger partial charge in [0.15, 0.2) is 0 Å². The van der Waals surface area contributed by atoms with Crippen LogP contribution in [0.25, 0.3) is 0 Å². The molecule has 0 spiro atoms. The van der Waals surface area contributed by atoms with E-state index in [9.17, 15) is 39.5 Å². The Bertz CT molecular complexity index is 836. The molecule has 0 radical (unpaired) electrons. The minimum atomic E-state index is -5.08. The lowest BCUT2D eigenvalue weighted by atomic mass is 10.2. The van der Waals surface area contributed by atoms with Crippen LogP contribution in [-0.2, 0) is 20.9 Å². The Labute approximate surface area is 195 Å². The quantitative estimate of drug-likeness (QED) is 0.346. The fraction of sp³-hybridized carbons (Fsp3) is 0.529. The number of aliphatic carboxylic acids is 3. The second-order valence-corrected chi connectivity index (χ2v) is 6.81. The molecule has 1 aromatic rings. The molecule has 19 heteroatoms. The fourth-order valence-corrected chi connectivity index (χ4v) is 2.62. The van der Waals surface area contributed by atoms with Gasteiger partial charge in [0.2, 0.25) is 0 Å². The van der Waals surface area contributed by atoms with Crippen LogP contribution in [0.3, 0.4) is 0 Å². The molecular formula is C17H19F9N4O6. The van der Waals surface area contributed by atoms with Gasteiger partial charge in [0.05, 0.1) is 11.9 Å². The molecule has 10 nitrogen and oxygen atoms in total. The number of fused-ring (bicyclic) bond motifs is 2. The Balaban J connectivity index is 0.000000501. The van der Waals surface area contributed by atoms with Crippen molar-refractivity contribution < 1.29 is 69.2 Å². The molecule has 3 heterocycles. The third-order valence-electron chi connectivity index (χ3n) is 4.13. The zero-order valence-electron chi connectivity index (χ0n) is 17.7. The smallest absolute Gasteiger partial charge is 0.475 e. The maximum atomic E-state index is 10.6. The molecule has 2 aliphatic rings. The van der Waals surface area contributed by atoms with Crippen LogP contribution in [0.15, 0.2) is 18.5 Å². The number of carboxylic acids is 3. The molecule has 0 aliphatic carbocycles. The predicted molar refractivity (Wildman–Crippen MR) is 101 cm³/mol. The number of carboxylic acid groups (broad SMARTS) is 3. The number of pyridine rings is 1. The lowest BCUT2D eigenvalue weighted by Gasteiger charge is -2.29. The van der Waals surface area contributed by atoms with Gasteiger partial charge in [-0.3, -0.25) is 4.98 Å². The third kappa shape index (κ3) is 11.9. The Hall–Kier alpha value is -3.35. The molecule has 0 aromatic carbocycles. The molecule has 6 N–H and O–H groups in total. The zero-order valence-corrected chi connectivity index (χ0v) is 17.7. The molecule has 1 aromatic heterocycles. The summed E-state index contributed by atoms with van der Waals surface area (Å²) in [6.45, 7) is 2.79. The number of carbonyl (C=O) groups is 3. The number of nitrogens with one attached hydrogen (secondary N) is 1. The number of halogens is 9. The van der Waals surface area contributed by atoms with Crippen LogP contribution in [-0.4, -0.2) is 81.9 Å². The predicted octanol–water partition coefficient (Wildman–Crippen LogP) is 1.99. The molecular weight excluding hydrogens is 527 g/mol. The van der Waals surface area contributed by atoms with Crippen molar-refractivity contribution in [1.82, 2.24) is 10.3 Å². The van der Waals surface area contributed by atoms with E-state index in [-0.39, 0.29) is 0 Å². The molecule has 0 amide bonds. The molecule has 2 aliphatic heterocycles. The van der Waals surface area contributed by atoms with Gasteiger partial charge in [0.1, 0.15) is 0 Å². The van der Waals surface area contributed by atoms with Gasteiger partial charge in [-0.25, -0.2) is 14.4 Å². The van der Waals surface area contributed by atoms with Gasteiger partial charge in [-0.15, -0.1) is 0 Å². The molecule has 2 bridgehead atoms. The van der Waals surface area contributed by atoms with E-state index in [0.717, 1.165) is 18.7 Å². The third-order valence-corrected chi connectivity index (χ3v) is 4.13. The van der Waals surface area contributed by atoms with E-state index < -0.39 is 36.4 Å². The van der Waals surface area contributed by atoms with E-state index in [4.69, 9.17) is 35.4 Å². The molecule has 0 unspecified atom stereocenters. The van der Waals surface area contributed by atoms with Crippen LogP contribution >= 0.6 is 0 Å². The summed E-state index contributed by atoms with van der Waals surface area (Å²) in [5.74, 6) is -8.27. The zero-order chi connectivity index (χ0) is 28.5. The largest absolute Gasteiger partial charge is 0.490 e. The van der Waals surface area contributed by atoms with Crippen molar-refractivity contribution in [2.24, 2.45) is 5.73 Å². The number of aromatic nitrogens is 1. The average molecular weight is 546 g/mol. The lowest BCUT2D eigenvalue weighted by Crippen LogP contribution is -2.43. The van der Waals surface area contributed by atoms with Gasteiger partial charge < -0.3 is 31.3 Å². The van der Waals surface area contributed by atoms with Crippen LogP contribution < -0.4 is 16.0 Å². The van der Waals surface area contributed by atoms with Gasteiger partial charge in [0.25, 0.3) is 0 Å². The number of nitrogens with zero attached hydrogens (tertiary/aromatic N) is 2. The van der Waals surface area contributed by atoms with Crippen molar-refractivity contribution in [2.45, 2.75) is 43.6 Å². The number of alkyl halides is 9. The van der Waals surface area contributed by atoms with Crippen molar-refractivity contribution in [3.8, 4) is 0 Å². The fourth-order valence-electron chi connectivity index (χ4n) is 2.62. The summed E-state index contributed by atoms with van der Waals surface area (Å²) < 4.78 is 95.2. The van der Waals surface area contributed by atoms with E-state index in [1.807, 2.05) is 12.4 Å². The van der Waals surface area contributed by atoms with Crippen LogP contribution in [0.4, 0.5) is 45.2 Å². The standard InChI is InChI=1S/C11H16N4.3C2HF3O2/c12-3-8-1-10(5-13-4-8)15-7-9-2-11(15)6-14-9;3*3-2(4,5)1(6)7/h1,4-5,9,11,14H,2-3,6-7,12H2;3*(H,6,7)/t9-,11-;;;/m0.../s1. The van der Waals surface area contributed by atoms with E-state index in [1.165, 1.54) is 12.1 Å². The van der Waals surface area contributed by atoms with E-state index in [2.05, 4.69) is 21.3 Å². The maximum absolute atomic E-state index is 10.6. The average Bonchev–Trinajstić information content (AvgIpc) is 3.37. The molecule has 2 saturated heterocycles. The number of hydrogen-bond donors (Lipinski definition) is 5. The first-order valence-electron chi connectivity index (χ1n) is 9.24. The van der Waals surface area contributed by atoms with Crippen LogP contribution in [0.5, 0.6) is 0 Å². The molecule has 36 heavy (non-hydrogen) atoms. The van der Waals surface area contributed by atoms with Crippen molar-refractivity contribution >= 4 is 23.6 Å². The summed E-state index contributed by atoms with van der Waals surface area (Å²) in [5, 5.41) is 24.9. The minimum Gasteiger partial charge on any atom is -0.475 e. The highest BCUT2D eigenvalue weighted by molar-refractivity contribution is 5.73. The van der Waals surface area contributed by atoms with Crippen LogP contribution in [0.2, 0.25) is 0 Å². The van der Waals surface area contributed by atoms with Gasteiger partial charge in [-0.2, -0.15) is 39.5 Å². The van der Waals surface area contributed by atoms with Crippen LogP contribution in [0.1, 0.15) is 12.0 Å². The molecule has 2 fully saturated rings. The summed E-state index contributed by atoms with van der Waals surface area (Å²) >= 11 is 0. The second kappa shape index (κ2) is 13.1. The number of hydrogen-bond acceptors (Lipinski definition) is 7. The minimum absolute atomic E-state index is 0.570. The number of anilines is 1. The Morgan fingerprint density at radius 3 is 1.61 bits per heavy atom. The number of rotatable bonds is 2. The van der Waals surface area contributed by atoms with Gasteiger partial charge >= 0.3 is 36.4 Å². The summed E-state index contributed by atoms with van der Waals surface area (Å²) in [6, 6.07) is 3.50. The van der Waals surface area contributed by atoms with Crippen molar-refractivity contribution in [3.05, 3.63) is 24.0 Å². The molecule has 3 rings (SSSR count). The summed E-state index contributed by atoms with van der Waals surface area (Å²) in [5.41, 5.74) is 7.97. The molecule has 0 saturated carbocycles. The summed E-state index contributed by atoms with van der Waals surface area (Å²) in [7, 11) is 0. The van der Waals surface area contributed by atoms with E-state index in [0.29, 0.717) is 18.6 Å². The number of nitrogens with two attached hydrogens (primary N) is 1. The van der Waals surface area contributed by atoms with E-state index in [1.54, 1.807) is 0 Å². The summed E-state index contributed by atoms with van der Waals surface area (Å²) in [6.07, 6.45) is -10.2. The Morgan fingerprint density at radius 1 is 0.917 bits per heavy atom. The normalized spacial score (nSPS) is 18.6. The first-order valence-corrected chi connectivity index (χ1v) is 9.24. The highest BCUT2D eigenvalue weighted by atomic mass is 19.4. The summed E-state index contributed by atoms with van der Waals surface area (Å²) in [4.78, 5) is 33.4. The Kier molecular flexibility index (Phi) is 11.9. The highest BCUT2D eigenvalue weighted by Crippen LogP contribution is 2.29. The van der Waals surface area contributed by atoms with Crippen molar-refractivity contribution in [1.29, 1.82) is 0 Å².